The van der Waals surface area contributed by atoms with Gasteiger partial charge in [-0.05, 0) is 57.4 Å². The average Bonchev–Trinajstić information content (AvgIpc) is 3.10. The minimum Gasteiger partial charge on any atom is -0.303 e. The maximum Gasteiger partial charge on any atom is 0.126 e. The maximum absolute atomic E-state index is 13.4. The van der Waals surface area contributed by atoms with E-state index >= 15 is 0 Å². The van der Waals surface area contributed by atoms with Gasteiger partial charge in [-0.1, -0.05) is 0 Å². The molecule has 0 radical (unpaired) electrons. The van der Waals surface area contributed by atoms with Gasteiger partial charge in [0.15, 0.2) is 0 Å². The van der Waals surface area contributed by atoms with Gasteiger partial charge in [0.1, 0.15) is 11.6 Å². The number of nitrogens with zero attached hydrogens (tertiary/aromatic N) is 2. The van der Waals surface area contributed by atoms with E-state index in [1.54, 1.807) is 0 Å². The van der Waals surface area contributed by atoms with Crippen molar-refractivity contribution in [1.82, 2.24) is 15.1 Å². The van der Waals surface area contributed by atoms with Crippen LogP contribution in [0, 0.1) is 25.5 Å². The highest BCUT2D eigenvalue weighted by Gasteiger charge is 2.45. The van der Waals surface area contributed by atoms with Gasteiger partial charge in [0.05, 0.1) is 12.2 Å². The first-order chi connectivity index (χ1) is 10.4. The van der Waals surface area contributed by atoms with Crippen LogP contribution in [0.4, 0.5) is 8.78 Å². The van der Waals surface area contributed by atoms with E-state index in [-0.39, 0.29) is 11.6 Å². The monoisotopic (exact) mass is 305 g/mol. The Hall–Kier alpha value is -1.75. The molecule has 3 nitrogen and oxygen atoms in total. The zero-order valence-corrected chi connectivity index (χ0v) is 13.2. The number of aryl methyl sites for hydroxylation is 2. The number of rotatable bonds is 5. The molecule has 1 N–H and O–H groups in total. The molecule has 0 aliphatic heterocycles. The van der Waals surface area contributed by atoms with Crippen LogP contribution in [-0.4, -0.2) is 15.8 Å². The molecular formula is C17H21F2N3. The summed E-state index contributed by atoms with van der Waals surface area (Å²) >= 11 is 0. The zero-order valence-electron chi connectivity index (χ0n) is 13.2. The summed E-state index contributed by atoms with van der Waals surface area (Å²) in [4.78, 5) is 0. The van der Waals surface area contributed by atoms with Crippen molar-refractivity contribution in [2.24, 2.45) is 0 Å². The minimum absolute atomic E-state index is 0.159. The summed E-state index contributed by atoms with van der Waals surface area (Å²) in [5.74, 6) is -1.04. The number of nitrogens with one attached hydrogen (secondary N) is 1. The van der Waals surface area contributed by atoms with Crippen LogP contribution in [-0.2, 0) is 12.1 Å². The fourth-order valence-electron chi connectivity index (χ4n) is 3.11. The van der Waals surface area contributed by atoms with Crippen LogP contribution >= 0.6 is 0 Å². The van der Waals surface area contributed by atoms with Crippen LogP contribution in [0.5, 0.6) is 0 Å². The second-order valence-electron chi connectivity index (χ2n) is 6.39. The van der Waals surface area contributed by atoms with E-state index in [1.165, 1.54) is 12.1 Å². The van der Waals surface area contributed by atoms with Gasteiger partial charge >= 0.3 is 0 Å². The van der Waals surface area contributed by atoms with Crippen molar-refractivity contribution in [3.63, 3.8) is 0 Å². The fraction of sp³-hybridized carbons (Fsp3) is 0.471. The van der Waals surface area contributed by atoms with Crippen LogP contribution in [0.2, 0.25) is 0 Å². The van der Waals surface area contributed by atoms with Crippen molar-refractivity contribution in [3.8, 4) is 0 Å². The molecule has 1 unspecified atom stereocenters. The summed E-state index contributed by atoms with van der Waals surface area (Å²) in [5.41, 5.74) is 2.52. The molecule has 3 rings (SSSR count). The van der Waals surface area contributed by atoms with Crippen LogP contribution in [0.3, 0.4) is 0 Å². The Bertz CT molecular complexity index is 669. The maximum atomic E-state index is 13.4. The third kappa shape index (κ3) is 3.04. The summed E-state index contributed by atoms with van der Waals surface area (Å²) in [5, 5.41) is 7.99. The normalized spacial score (nSPS) is 17.5. The highest BCUT2D eigenvalue weighted by molar-refractivity contribution is 5.31. The van der Waals surface area contributed by atoms with Gasteiger partial charge in [-0.3, -0.25) is 4.68 Å². The molecule has 1 aromatic heterocycles. The lowest BCUT2D eigenvalue weighted by Crippen LogP contribution is -2.39. The smallest absolute Gasteiger partial charge is 0.126 e. The Kier molecular flexibility index (Phi) is 3.77. The number of halogens is 2. The molecule has 1 aromatic carbocycles. The Labute approximate surface area is 129 Å². The third-order valence-corrected chi connectivity index (χ3v) is 4.24. The summed E-state index contributed by atoms with van der Waals surface area (Å²) in [6.45, 7) is 6.81. The molecule has 1 atom stereocenters. The van der Waals surface area contributed by atoms with E-state index in [1.807, 2.05) is 24.6 Å². The predicted octanol–water partition coefficient (Wildman–Crippen LogP) is 3.45. The molecule has 1 heterocycles. The van der Waals surface area contributed by atoms with Crippen LogP contribution in [0.15, 0.2) is 24.3 Å². The fourth-order valence-corrected chi connectivity index (χ4v) is 3.11. The van der Waals surface area contributed by atoms with Crippen molar-refractivity contribution in [3.05, 3.63) is 52.9 Å². The Morgan fingerprint density at radius 1 is 1.18 bits per heavy atom. The molecule has 0 amide bonds. The van der Waals surface area contributed by atoms with Gasteiger partial charge in [0.25, 0.3) is 0 Å². The molecule has 118 valence electrons. The van der Waals surface area contributed by atoms with E-state index in [4.69, 9.17) is 0 Å². The van der Waals surface area contributed by atoms with E-state index in [0.29, 0.717) is 5.56 Å². The second-order valence-corrected chi connectivity index (χ2v) is 6.39. The van der Waals surface area contributed by atoms with Crippen LogP contribution < -0.4 is 5.32 Å². The summed E-state index contributed by atoms with van der Waals surface area (Å²) in [6.07, 6.45) is 1.80. The first-order valence-electron chi connectivity index (χ1n) is 7.63. The van der Waals surface area contributed by atoms with Gasteiger partial charge in [0, 0.05) is 23.3 Å². The molecule has 22 heavy (non-hydrogen) atoms. The zero-order chi connectivity index (χ0) is 15.9. The Morgan fingerprint density at radius 2 is 1.82 bits per heavy atom. The molecule has 1 aliphatic rings. The standard InChI is InChI=1S/C17H21F2N3/c1-11-6-13(3)22(21-11)10-12(2)20-17(4-5-17)14-7-15(18)9-16(19)8-14/h6-9,12,20H,4-5,10H2,1-3H3. The Morgan fingerprint density at radius 3 is 2.32 bits per heavy atom. The predicted molar refractivity (Wildman–Crippen MR) is 81.6 cm³/mol. The second kappa shape index (κ2) is 5.47. The summed E-state index contributed by atoms with van der Waals surface area (Å²) in [6, 6.07) is 5.98. The van der Waals surface area contributed by atoms with Gasteiger partial charge in [-0.15, -0.1) is 0 Å². The van der Waals surface area contributed by atoms with Gasteiger partial charge in [0.2, 0.25) is 0 Å². The van der Waals surface area contributed by atoms with Gasteiger partial charge < -0.3 is 5.32 Å². The Balaban J connectivity index is 1.73. The molecule has 0 spiro atoms. The quantitative estimate of drug-likeness (QED) is 0.917. The molecule has 1 saturated carbocycles. The van der Waals surface area contributed by atoms with Gasteiger partial charge in [-0.2, -0.15) is 5.10 Å². The first-order valence-corrected chi connectivity index (χ1v) is 7.63. The number of benzene rings is 1. The van der Waals surface area contributed by atoms with Crippen LogP contribution in [0.1, 0.15) is 36.7 Å². The molecule has 0 saturated heterocycles. The lowest BCUT2D eigenvalue weighted by Gasteiger charge is -2.24. The largest absolute Gasteiger partial charge is 0.303 e. The number of hydrogen-bond donors (Lipinski definition) is 1. The van der Waals surface area contributed by atoms with E-state index in [2.05, 4.69) is 17.3 Å². The van der Waals surface area contributed by atoms with E-state index in [0.717, 1.165) is 36.8 Å². The lowest BCUT2D eigenvalue weighted by atomic mass is 10.0. The minimum atomic E-state index is -0.519. The molecule has 2 aromatic rings. The van der Waals surface area contributed by atoms with Crippen LogP contribution in [0.25, 0.3) is 0 Å². The molecule has 1 aliphatic carbocycles. The third-order valence-electron chi connectivity index (χ3n) is 4.24. The van der Waals surface area contributed by atoms with Crippen molar-refractivity contribution < 1.29 is 8.78 Å². The summed E-state index contributed by atoms with van der Waals surface area (Å²) < 4.78 is 28.9. The molecule has 5 heteroatoms. The molecule has 0 bridgehead atoms. The number of aromatic nitrogens is 2. The first kappa shape index (κ1) is 15.2. The van der Waals surface area contributed by atoms with Crippen molar-refractivity contribution >= 4 is 0 Å². The SMILES string of the molecule is Cc1cc(C)n(CC(C)NC2(c3cc(F)cc(F)c3)CC2)n1. The highest BCUT2D eigenvalue weighted by atomic mass is 19.1. The molecular weight excluding hydrogens is 284 g/mol. The van der Waals surface area contributed by atoms with Gasteiger partial charge in [-0.25, -0.2) is 8.78 Å². The van der Waals surface area contributed by atoms with Crippen molar-refractivity contribution in [1.29, 1.82) is 0 Å². The average molecular weight is 305 g/mol. The number of hydrogen-bond acceptors (Lipinski definition) is 2. The van der Waals surface area contributed by atoms with E-state index in [9.17, 15) is 8.78 Å². The topological polar surface area (TPSA) is 29.9 Å². The van der Waals surface area contributed by atoms with Crippen molar-refractivity contribution in [2.75, 3.05) is 0 Å². The summed E-state index contributed by atoms with van der Waals surface area (Å²) in [7, 11) is 0. The van der Waals surface area contributed by atoms with Crippen molar-refractivity contribution in [2.45, 2.75) is 51.7 Å². The molecule has 1 fully saturated rings. The lowest BCUT2D eigenvalue weighted by molar-refractivity contribution is 0.381. The highest BCUT2D eigenvalue weighted by Crippen LogP contribution is 2.46. The van der Waals surface area contributed by atoms with E-state index < -0.39 is 11.6 Å².